The monoisotopic (exact) mass is 259 g/mol. The first kappa shape index (κ1) is 13.1. The molecule has 1 amide bonds. The van der Waals surface area contributed by atoms with Crippen molar-refractivity contribution in [3.05, 3.63) is 30.9 Å². The van der Waals surface area contributed by atoms with Gasteiger partial charge >= 0.3 is 0 Å². The molecule has 19 heavy (non-hydrogen) atoms. The number of aromatic nitrogens is 3. The van der Waals surface area contributed by atoms with E-state index in [0.29, 0.717) is 12.4 Å². The summed E-state index contributed by atoms with van der Waals surface area (Å²) < 4.78 is 1.89. The second-order valence-electron chi connectivity index (χ2n) is 5.12. The average Bonchev–Trinajstić information content (AvgIpc) is 2.76. The summed E-state index contributed by atoms with van der Waals surface area (Å²) in [4.78, 5) is 19.5. The molecule has 0 unspecified atom stereocenters. The Morgan fingerprint density at radius 2 is 2.21 bits per heavy atom. The molecule has 2 aromatic rings. The predicted octanol–water partition coefficient (Wildman–Crippen LogP) is 1.04. The van der Waals surface area contributed by atoms with Gasteiger partial charge in [0.1, 0.15) is 5.82 Å². The summed E-state index contributed by atoms with van der Waals surface area (Å²) >= 11 is 0. The second-order valence-corrected chi connectivity index (χ2v) is 5.12. The topological polar surface area (TPSA) is 99.8 Å². The van der Waals surface area contributed by atoms with Gasteiger partial charge in [0.2, 0.25) is 5.91 Å². The van der Waals surface area contributed by atoms with Crippen molar-refractivity contribution in [3.8, 4) is 11.3 Å². The summed E-state index contributed by atoms with van der Waals surface area (Å²) in [6.45, 7) is 4.07. The molecule has 2 rings (SSSR count). The fraction of sp³-hybridized carbons (Fsp3) is 0.308. The number of rotatable bonds is 4. The molecule has 2 heterocycles. The van der Waals surface area contributed by atoms with Crippen molar-refractivity contribution in [2.24, 2.45) is 11.1 Å². The minimum Gasteiger partial charge on any atom is -0.384 e. The molecular weight excluding hydrogens is 242 g/mol. The number of primary amides is 1. The first-order valence-corrected chi connectivity index (χ1v) is 5.92. The van der Waals surface area contributed by atoms with Crippen LogP contribution >= 0.6 is 0 Å². The zero-order chi connectivity index (χ0) is 14.0. The van der Waals surface area contributed by atoms with Gasteiger partial charge in [-0.1, -0.05) is 0 Å². The normalized spacial score (nSPS) is 11.5. The van der Waals surface area contributed by atoms with Gasteiger partial charge in [0.05, 0.1) is 23.6 Å². The third kappa shape index (κ3) is 2.73. The van der Waals surface area contributed by atoms with Crippen molar-refractivity contribution < 1.29 is 4.79 Å². The third-order valence-corrected chi connectivity index (χ3v) is 3.02. The fourth-order valence-electron chi connectivity index (χ4n) is 1.80. The molecule has 0 spiro atoms. The van der Waals surface area contributed by atoms with Crippen LogP contribution in [0.15, 0.2) is 30.9 Å². The molecule has 0 aromatic carbocycles. The lowest BCUT2D eigenvalue weighted by Gasteiger charge is -2.22. The third-order valence-electron chi connectivity index (χ3n) is 3.02. The van der Waals surface area contributed by atoms with Crippen LogP contribution in [0.5, 0.6) is 0 Å². The SMILES string of the molecule is CC(C)(Cn1cncc1-c1ccnc(N)c1)C(N)=O. The van der Waals surface area contributed by atoms with Crippen LogP contribution in [0.1, 0.15) is 13.8 Å². The Balaban J connectivity index is 2.36. The highest BCUT2D eigenvalue weighted by Crippen LogP contribution is 2.24. The van der Waals surface area contributed by atoms with Gasteiger partial charge in [0.15, 0.2) is 0 Å². The van der Waals surface area contributed by atoms with Crippen molar-refractivity contribution >= 4 is 11.7 Å². The molecule has 0 aliphatic carbocycles. The minimum absolute atomic E-state index is 0.346. The summed E-state index contributed by atoms with van der Waals surface area (Å²) in [5.41, 5.74) is 12.2. The van der Waals surface area contributed by atoms with Crippen LogP contribution in [0.4, 0.5) is 5.82 Å². The van der Waals surface area contributed by atoms with E-state index in [2.05, 4.69) is 9.97 Å². The summed E-state index contributed by atoms with van der Waals surface area (Å²) in [6.07, 6.45) is 5.05. The maximum Gasteiger partial charge on any atom is 0.224 e. The van der Waals surface area contributed by atoms with E-state index in [1.165, 1.54) is 0 Å². The molecule has 0 bridgehead atoms. The van der Waals surface area contributed by atoms with Crippen molar-refractivity contribution in [2.75, 3.05) is 5.73 Å². The highest BCUT2D eigenvalue weighted by Gasteiger charge is 2.26. The Morgan fingerprint density at radius 1 is 1.47 bits per heavy atom. The van der Waals surface area contributed by atoms with E-state index in [-0.39, 0.29) is 5.91 Å². The lowest BCUT2D eigenvalue weighted by atomic mass is 9.92. The lowest BCUT2D eigenvalue weighted by molar-refractivity contribution is -0.126. The highest BCUT2D eigenvalue weighted by atomic mass is 16.1. The molecule has 4 N–H and O–H groups in total. The van der Waals surface area contributed by atoms with Gasteiger partial charge in [0, 0.05) is 18.3 Å². The predicted molar refractivity (Wildman–Crippen MR) is 72.8 cm³/mol. The fourth-order valence-corrected chi connectivity index (χ4v) is 1.80. The van der Waals surface area contributed by atoms with E-state index in [4.69, 9.17) is 11.5 Å². The number of pyridine rings is 1. The number of hydrogen-bond acceptors (Lipinski definition) is 4. The maximum absolute atomic E-state index is 11.4. The second kappa shape index (κ2) is 4.72. The molecule has 6 nitrogen and oxygen atoms in total. The molecule has 0 aliphatic heterocycles. The van der Waals surface area contributed by atoms with E-state index in [0.717, 1.165) is 11.3 Å². The van der Waals surface area contributed by atoms with Gasteiger partial charge in [-0.3, -0.25) is 4.79 Å². The number of amides is 1. The molecule has 2 aromatic heterocycles. The standard InChI is InChI=1S/C13H17N5O/c1-13(2,12(15)19)7-18-8-16-6-10(18)9-3-4-17-11(14)5-9/h3-6,8H,7H2,1-2H3,(H2,14,17)(H2,15,19). The van der Waals surface area contributed by atoms with E-state index in [1.54, 1.807) is 38.6 Å². The van der Waals surface area contributed by atoms with Crippen molar-refractivity contribution in [1.29, 1.82) is 0 Å². The van der Waals surface area contributed by atoms with Gasteiger partial charge in [-0.2, -0.15) is 0 Å². The number of imidazole rings is 1. The largest absolute Gasteiger partial charge is 0.384 e. The summed E-state index contributed by atoms with van der Waals surface area (Å²) in [5.74, 6) is 0.0980. The molecule has 0 saturated heterocycles. The lowest BCUT2D eigenvalue weighted by Crippen LogP contribution is -2.35. The summed E-state index contributed by atoms with van der Waals surface area (Å²) in [6, 6.07) is 3.62. The zero-order valence-corrected chi connectivity index (χ0v) is 11.0. The molecule has 0 aliphatic rings. The average molecular weight is 259 g/mol. The molecule has 6 heteroatoms. The number of carbonyl (C=O) groups excluding carboxylic acids is 1. The van der Waals surface area contributed by atoms with Crippen molar-refractivity contribution in [1.82, 2.24) is 14.5 Å². The number of anilines is 1. The number of carbonyl (C=O) groups is 1. The number of nitrogens with two attached hydrogens (primary N) is 2. The van der Waals surface area contributed by atoms with Crippen molar-refractivity contribution in [3.63, 3.8) is 0 Å². The number of hydrogen-bond donors (Lipinski definition) is 2. The quantitative estimate of drug-likeness (QED) is 0.856. The molecule has 100 valence electrons. The smallest absolute Gasteiger partial charge is 0.224 e. The van der Waals surface area contributed by atoms with Crippen LogP contribution in [-0.4, -0.2) is 20.4 Å². The van der Waals surface area contributed by atoms with Crippen LogP contribution < -0.4 is 11.5 Å². The molecule has 0 saturated carbocycles. The van der Waals surface area contributed by atoms with E-state index in [1.807, 2.05) is 10.6 Å². The molecule has 0 atom stereocenters. The minimum atomic E-state index is -0.645. The van der Waals surface area contributed by atoms with Gasteiger partial charge < -0.3 is 16.0 Å². The Morgan fingerprint density at radius 3 is 2.84 bits per heavy atom. The zero-order valence-electron chi connectivity index (χ0n) is 11.0. The molecule has 0 radical (unpaired) electrons. The van der Waals surface area contributed by atoms with E-state index >= 15 is 0 Å². The summed E-state index contributed by atoms with van der Waals surface area (Å²) in [5, 5.41) is 0. The Labute approximate surface area is 111 Å². The molecular formula is C13H17N5O. The molecule has 0 fully saturated rings. The van der Waals surface area contributed by atoms with Crippen LogP contribution in [0.3, 0.4) is 0 Å². The maximum atomic E-state index is 11.4. The van der Waals surface area contributed by atoms with Gasteiger partial charge in [-0.05, 0) is 26.0 Å². The highest BCUT2D eigenvalue weighted by molar-refractivity contribution is 5.80. The Bertz CT molecular complexity index is 603. The van der Waals surface area contributed by atoms with Gasteiger partial charge in [-0.25, -0.2) is 9.97 Å². The Hall–Kier alpha value is -2.37. The van der Waals surface area contributed by atoms with Crippen LogP contribution in [0.25, 0.3) is 11.3 Å². The van der Waals surface area contributed by atoms with E-state index in [9.17, 15) is 4.79 Å². The van der Waals surface area contributed by atoms with E-state index < -0.39 is 5.41 Å². The Kier molecular flexibility index (Phi) is 3.25. The first-order valence-electron chi connectivity index (χ1n) is 5.92. The number of nitrogens with zero attached hydrogens (tertiary/aromatic N) is 3. The number of nitrogen functional groups attached to an aromatic ring is 1. The first-order chi connectivity index (χ1) is 8.90. The van der Waals surface area contributed by atoms with Gasteiger partial charge in [-0.15, -0.1) is 0 Å². The van der Waals surface area contributed by atoms with Crippen LogP contribution in [0, 0.1) is 5.41 Å². The van der Waals surface area contributed by atoms with Crippen LogP contribution in [0.2, 0.25) is 0 Å². The van der Waals surface area contributed by atoms with Crippen LogP contribution in [-0.2, 0) is 11.3 Å². The van der Waals surface area contributed by atoms with Crippen molar-refractivity contribution in [2.45, 2.75) is 20.4 Å². The summed E-state index contributed by atoms with van der Waals surface area (Å²) in [7, 11) is 0. The van der Waals surface area contributed by atoms with Gasteiger partial charge in [0.25, 0.3) is 0 Å².